The van der Waals surface area contributed by atoms with Crippen LogP contribution in [0.3, 0.4) is 0 Å². The molecular formula is C19H16FN5O2. The number of hydrogen-bond donors (Lipinski definition) is 1. The fraction of sp³-hybridized carbons (Fsp3) is 0.105. The summed E-state index contributed by atoms with van der Waals surface area (Å²) < 4.78 is 22.5. The van der Waals surface area contributed by atoms with Crippen LogP contribution >= 0.6 is 0 Å². The minimum absolute atomic E-state index is 0.181. The number of benzene rings is 1. The van der Waals surface area contributed by atoms with E-state index in [1.54, 1.807) is 58.2 Å². The average molecular weight is 365 g/mol. The third-order valence-corrected chi connectivity index (χ3v) is 3.93. The molecule has 0 spiro atoms. The number of halogens is 1. The van der Waals surface area contributed by atoms with E-state index < -0.39 is 5.91 Å². The molecule has 0 atom stereocenters. The summed E-state index contributed by atoms with van der Waals surface area (Å²) >= 11 is 0. The van der Waals surface area contributed by atoms with Gasteiger partial charge in [-0.05, 0) is 24.3 Å². The summed E-state index contributed by atoms with van der Waals surface area (Å²) in [5.41, 5.74) is 0.521. The number of hydrogen-bond acceptors (Lipinski definition) is 4. The summed E-state index contributed by atoms with van der Waals surface area (Å²) in [7, 11) is 0. The SMILES string of the molecule is O=C(Nc1ccn(Cc2ccccc2F)n1)c1ccc(Cn2cccn2)o1. The molecule has 3 heterocycles. The Morgan fingerprint density at radius 3 is 2.74 bits per heavy atom. The molecule has 0 radical (unpaired) electrons. The van der Waals surface area contributed by atoms with Gasteiger partial charge in [0.05, 0.1) is 13.1 Å². The molecule has 0 saturated heterocycles. The lowest BCUT2D eigenvalue weighted by Gasteiger charge is -2.03. The zero-order chi connectivity index (χ0) is 18.6. The lowest BCUT2D eigenvalue weighted by atomic mass is 10.2. The summed E-state index contributed by atoms with van der Waals surface area (Å²) in [4.78, 5) is 12.3. The number of anilines is 1. The second-order valence-corrected chi connectivity index (χ2v) is 5.91. The van der Waals surface area contributed by atoms with Crippen LogP contribution in [-0.2, 0) is 13.1 Å². The molecule has 0 aliphatic carbocycles. The molecule has 27 heavy (non-hydrogen) atoms. The molecule has 1 aromatic carbocycles. The fourth-order valence-corrected chi connectivity index (χ4v) is 2.63. The lowest BCUT2D eigenvalue weighted by molar-refractivity contribution is 0.0994. The summed E-state index contributed by atoms with van der Waals surface area (Å²) in [6.07, 6.45) is 5.16. The zero-order valence-corrected chi connectivity index (χ0v) is 14.2. The Kier molecular flexibility index (Phi) is 4.52. The van der Waals surface area contributed by atoms with E-state index in [-0.39, 0.29) is 18.1 Å². The lowest BCUT2D eigenvalue weighted by Crippen LogP contribution is -2.12. The number of nitrogens with zero attached hydrogens (tertiary/aromatic N) is 4. The molecule has 7 nitrogen and oxygen atoms in total. The minimum Gasteiger partial charge on any atom is -0.454 e. The minimum atomic E-state index is -0.405. The maximum absolute atomic E-state index is 13.7. The van der Waals surface area contributed by atoms with Crippen LogP contribution in [0, 0.1) is 5.82 Å². The number of carbonyl (C=O) groups excluding carboxylic acids is 1. The van der Waals surface area contributed by atoms with Gasteiger partial charge in [0.2, 0.25) is 0 Å². The molecule has 1 amide bonds. The summed E-state index contributed by atoms with van der Waals surface area (Å²) in [6.45, 7) is 0.717. The average Bonchev–Trinajstić information content (AvgIpc) is 3.40. The first-order valence-corrected chi connectivity index (χ1v) is 8.32. The Bertz CT molecular complexity index is 1050. The predicted octanol–water partition coefficient (Wildman–Crippen LogP) is 3.16. The maximum Gasteiger partial charge on any atom is 0.292 e. The molecular weight excluding hydrogens is 349 g/mol. The number of amides is 1. The van der Waals surface area contributed by atoms with Gasteiger partial charge in [-0.1, -0.05) is 18.2 Å². The zero-order valence-electron chi connectivity index (χ0n) is 14.2. The number of aromatic nitrogens is 4. The normalized spacial score (nSPS) is 10.9. The Hall–Kier alpha value is -3.68. The van der Waals surface area contributed by atoms with Crippen molar-refractivity contribution >= 4 is 11.7 Å². The highest BCUT2D eigenvalue weighted by molar-refractivity contribution is 6.01. The van der Waals surface area contributed by atoms with Crippen LogP contribution in [0.5, 0.6) is 0 Å². The summed E-state index contributed by atoms with van der Waals surface area (Å²) in [5, 5.41) is 11.0. The van der Waals surface area contributed by atoms with Crippen molar-refractivity contribution in [3.8, 4) is 0 Å². The largest absolute Gasteiger partial charge is 0.454 e. The molecule has 0 saturated carbocycles. The quantitative estimate of drug-likeness (QED) is 0.569. The maximum atomic E-state index is 13.7. The molecule has 8 heteroatoms. The predicted molar refractivity (Wildman–Crippen MR) is 95.7 cm³/mol. The topological polar surface area (TPSA) is 77.9 Å². The van der Waals surface area contributed by atoms with Gasteiger partial charge in [0.15, 0.2) is 11.6 Å². The van der Waals surface area contributed by atoms with Crippen molar-refractivity contribution < 1.29 is 13.6 Å². The molecule has 0 fully saturated rings. The molecule has 136 valence electrons. The molecule has 0 aliphatic rings. The number of carbonyl (C=O) groups is 1. The standard InChI is InChI=1S/C19H16FN5O2/c20-16-5-2-1-4-14(16)12-25-11-8-18(23-25)22-19(26)17-7-6-15(27-17)13-24-10-3-9-21-24/h1-11H,12-13H2,(H,22,23,26). The van der Waals surface area contributed by atoms with Gasteiger partial charge in [0, 0.05) is 30.2 Å². The van der Waals surface area contributed by atoms with Crippen LogP contribution in [0.1, 0.15) is 21.9 Å². The smallest absolute Gasteiger partial charge is 0.292 e. The monoisotopic (exact) mass is 365 g/mol. The van der Waals surface area contributed by atoms with Gasteiger partial charge < -0.3 is 9.73 Å². The van der Waals surface area contributed by atoms with Gasteiger partial charge in [-0.25, -0.2) is 4.39 Å². The molecule has 0 bridgehead atoms. The third-order valence-electron chi connectivity index (χ3n) is 3.93. The highest BCUT2D eigenvalue weighted by atomic mass is 19.1. The highest BCUT2D eigenvalue weighted by Gasteiger charge is 2.13. The summed E-state index contributed by atoms with van der Waals surface area (Å²) in [5.74, 6) is 0.466. The number of furan rings is 1. The number of rotatable bonds is 6. The van der Waals surface area contributed by atoms with E-state index in [1.165, 1.54) is 6.07 Å². The Morgan fingerprint density at radius 1 is 1.04 bits per heavy atom. The second-order valence-electron chi connectivity index (χ2n) is 5.91. The van der Waals surface area contributed by atoms with Crippen molar-refractivity contribution in [2.45, 2.75) is 13.1 Å². The van der Waals surface area contributed by atoms with E-state index in [4.69, 9.17) is 4.42 Å². The third kappa shape index (κ3) is 3.95. The first-order chi connectivity index (χ1) is 13.2. The van der Waals surface area contributed by atoms with Gasteiger partial charge >= 0.3 is 0 Å². The molecule has 1 N–H and O–H groups in total. The van der Waals surface area contributed by atoms with Gasteiger partial charge in [0.25, 0.3) is 5.91 Å². The van der Waals surface area contributed by atoms with E-state index >= 15 is 0 Å². The van der Waals surface area contributed by atoms with Crippen LogP contribution in [0.4, 0.5) is 10.2 Å². The fourth-order valence-electron chi connectivity index (χ4n) is 2.63. The first-order valence-electron chi connectivity index (χ1n) is 8.32. The molecule has 0 aliphatic heterocycles. The van der Waals surface area contributed by atoms with Crippen molar-refractivity contribution in [2.75, 3.05) is 5.32 Å². The molecule has 0 unspecified atom stereocenters. The Morgan fingerprint density at radius 2 is 1.93 bits per heavy atom. The van der Waals surface area contributed by atoms with E-state index in [0.29, 0.717) is 23.7 Å². The van der Waals surface area contributed by atoms with Crippen LogP contribution in [-0.4, -0.2) is 25.5 Å². The van der Waals surface area contributed by atoms with E-state index in [0.717, 1.165) is 0 Å². The molecule has 4 aromatic rings. The van der Waals surface area contributed by atoms with Gasteiger partial charge in [-0.15, -0.1) is 0 Å². The highest BCUT2D eigenvalue weighted by Crippen LogP contribution is 2.13. The second kappa shape index (κ2) is 7.28. The van der Waals surface area contributed by atoms with E-state index in [9.17, 15) is 9.18 Å². The van der Waals surface area contributed by atoms with Crippen LogP contribution in [0.15, 0.2) is 71.5 Å². The Balaban J connectivity index is 1.39. The van der Waals surface area contributed by atoms with Crippen molar-refractivity contribution in [3.05, 3.63) is 90.0 Å². The summed E-state index contributed by atoms with van der Waals surface area (Å²) in [6, 6.07) is 13.3. The van der Waals surface area contributed by atoms with E-state index in [1.807, 2.05) is 12.3 Å². The van der Waals surface area contributed by atoms with Crippen LogP contribution in [0.25, 0.3) is 0 Å². The van der Waals surface area contributed by atoms with Crippen molar-refractivity contribution in [2.24, 2.45) is 0 Å². The van der Waals surface area contributed by atoms with Crippen LogP contribution < -0.4 is 5.32 Å². The van der Waals surface area contributed by atoms with Crippen molar-refractivity contribution in [1.29, 1.82) is 0 Å². The van der Waals surface area contributed by atoms with Gasteiger partial charge in [0.1, 0.15) is 11.6 Å². The molecule has 4 rings (SSSR count). The van der Waals surface area contributed by atoms with Gasteiger partial charge in [-0.3, -0.25) is 14.2 Å². The first kappa shape index (κ1) is 16.8. The molecule has 3 aromatic heterocycles. The van der Waals surface area contributed by atoms with Crippen molar-refractivity contribution in [1.82, 2.24) is 19.6 Å². The van der Waals surface area contributed by atoms with Gasteiger partial charge in [-0.2, -0.15) is 10.2 Å². The Labute approximate surface area is 154 Å². The van der Waals surface area contributed by atoms with Crippen LogP contribution in [0.2, 0.25) is 0 Å². The van der Waals surface area contributed by atoms with Crippen molar-refractivity contribution in [3.63, 3.8) is 0 Å². The number of nitrogens with one attached hydrogen (secondary N) is 1. The van der Waals surface area contributed by atoms with E-state index in [2.05, 4.69) is 15.5 Å².